The fourth-order valence-corrected chi connectivity index (χ4v) is 2.46. The van der Waals surface area contributed by atoms with Crippen LogP contribution in [-0.2, 0) is 10.0 Å². The molecule has 0 amide bonds. The quantitative estimate of drug-likeness (QED) is 0.915. The Balaban J connectivity index is 2.18. The van der Waals surface area contributed by atoms with Gasteiger partial charge in [-0.1, -0.05) is 16.8 Å². The third kappa shape index (κ3) is 3.56. The third-order valence-electron chi connectivity index (χ3n) is 2.66. The highest BCUT2D eigenvalue weighted by molar-refractivity contribution is 7.89. The molecular weight excluding hydrogens is 302 g/mol. The minimum atomic E-state index is -3.32. The van der Waals surface area contributed by atoms with Gasteiger partial charge in [-0.25, -0.2) is 13.1 Å². The first-order valence-electron chi connectivity index (χ1n) is 6.01. The van der Waals surface area contributed by atoms with Crippen LogP contribution in [0.15, 0.2) is 28.8 Å². The number of hydrogen-bond acceptors (Lipinski definition) is 5. The van der Waals surface area contributed by atoms with Crippen LogP contribution in [0, 0.1) is 0 Å². The van der Waals surface area contributed by atoms with Crippen molar-refractivity contribution in [1.82, 2.24) is 14.9 Å². The Hall–Kier alpha value is -1.44. The van der Waals surface area contributed by atoms with E-state index in [1.165, 1.54) is 0 Å². The van der Waals surface area contributed by atoms with Crippen LogP contribution in [-0.4, -0.2) is 24.3 Å². The first-order valence-corrected chi connectivity index (χ1v) is 8.04. The SMILES string of the molecule is CCS(=O)(=O)N[C@@H](C)c1noc(-c2ccc(Cl)cc2)n1. The Labute approximate surface area is 122 Å². The van der Waals surface area contributed by atoms with Crippen molar-refractivity contribution in [3.05, 3.63) is 35.1 Å². The standard InChI is InChI=1S/C12H14ClN3O3S/c1-3-20(17,18)16-8(2)11-14-12(19-15-11)9-4-6-10(13)7-5-9/h4-8,16H,3H2,1-2H3/t8-/m0/s1. The number of hydrogen-bond donors (Lipinski definition) is 1. The minimum Gasteiger partial charge on any atom is -0.334 e. The van der Waals surface area contributed by atoms with Gasteiger partial charge in [-0.05, 0) is 38.1 Å². The number of sulfonamides is 1. The van der Waals surface area contributed by atoms with Crippen LogP contribution in [0.3, 0.4) is 0 Å². The molecule has 0 fully saturated rings. The van der Waals surface area contributed by atoms with E-state index in [1.807, 2.05) is 0 Å². The fourth-order valence-electron chi connectivity index (χ4n) is 1.53. The topological polar surface area (TPSA) is 85.1 Å². The monoisotopic (exact) mass is 315 g/mol. The van der Waals surface area contributed by atoms with Crippen molar-refractivity contribution in [2.75, 3.05) is 5.75 Å². The van der Waals surface area contributed by atoms with E-state index < -0.39 is 16.1 Å². The van der Waals surface area contributed by atoms with E-state index in [4.69, 9.17) is 16.1 Å². The van der Waals surface area contributed by atoms with E-state index in [2.05, 4.69) is 14.9 Å². The molecule has 0 aliphatic rings. The molecule has 2 aromatic rings. The molecule has 8 heteroatoms. The van der Waals surface area contributed by atoms with E-state index in [0.717, 1.165) is 5.56 Å². The van der Waals surface area contributed by atoms with Gasteiger partial charge >= 0.3 is 0 Å². The molecular formula is C12H14ClN3O3S. The molecule has 1 heterocycles. The van der Waals surface area contributed by atoms with Crippen molar-refractivity contribution in [2.45, 2.75) is 19.9 Å². The summed E-state index contributed by atoms with van der Waals surface area (Å²) in [6, 6.07) is 6.37. The summed E-state index contributed by atoms with van der Waals surface area (Å²) in [5.41, 5.74) is 0.721. The molecule has 0 saturated carbocycles. The summed E-state index contributed by atoms with van der Waals surface area (Å²) in [6.45, 7) is 3.22. The normalized spacial score (nSPS) is 13.3. The first kappa shape index (κ1) is 15.0. The Morgan fingerprint density at radius 3 is 2.60 bits per heavy atom. The lowest BCUT2D eigenvalue weighted by Gasteiger charge is -2.08. The predicted octanol–water partition coefficient (Wildman–Crippen LogP) is 2.39. The Morgan fingerprint density at radius 1 is 1.35 bits per heavy atom. The molecule has 2 rings (SSSR count). The van der Waals surface area contributed by atoms with Crippen molar-refractivity contribution in [3.8, 4) is 11.5 Å². The van der Waals surface area contributed by atoms with E-state index in [9.17, 15) is 8.42 Å². The maximum atomic E-state index is 11.5. The number of nitrogens with zero attached hydrogens (tertiary/aromatic N) is 2. The van der Waals surface area contributed by atoms with Crippen molar-refractivity contribution >= 4 is 21.6 Å². The molecule has 0 radical (unpaired) electrons. The molecule has 6 nitrogen and oxygen atoms in total. The Morgan fingerprint density at radius 2 is 2.00 bits per heavy atom. The van der Waals surface area contributed by atoms with Crippen LogP contribution < -0.4 is 4.72 Å². The van der Waals surface area contributed by atoms with Crippen molar-refractivity contribution in [2.24, 2.45) is 0 Å². The number of rotatable bonds is 5. The van der Waals surface area contributed by atoms with E-state index >= 15 is 0 Å². The molecule has 20 heavy (non-hydrogen) atoms. The van der Waals surface area contributed by atoms with Gasteiger partial charge in [-0.2, -0.15) is 4.98 Å². The Kier molecular flexibility index (Phi) is 4.42. The minimum absolute atomic E-state index is 0.000761. The lowest BCUT2D eigenvalue weighted by Crippen LogP contribution is -2.28. The molecule has 0 aliphatic heterocycles. The molecule has 0 saturated heterocycles. The van der Waals surface area contributed by atoms with Crippen LogP contribution in [0.1, 0.15) is 25.7 Å². The number of nitrogens with one attached hydrogen (secondary N) is 1. The first-order chi connectivity index (χ1) is 9.41. The zero-order valence-electron chi connectivity index (χ0n) is 11.0. The summed E-state index contributed by atoms with van der Waals surface area (Å²) in [4.78, 5) is 4.18. The maximum Gasteiger partial charge on any atom is 0.257 e. The van der Waals surface area contributed by atoms with Crippen LogP contribution in [0.2, 0.25) is 5.02 Å². The number of aromatic nitrogens is 2. The van der Waals surface area contributed by atoms with Crippen LogP contribution in [0.5, 0.6) is 0 Å². The lowest BCUT2D eigenvalue weighted by molar-refractivity contribution is 0.415. The largest absolute Gasteiger partial charge is 0.334 e. The van der Waals surface area contributed by atoms with Gasteiger partial charge in [-0.3, -0.25) is 0 Å². The summed E-state index contributed by atoms with van der Waals surface area (Å²) >= 11 is 5.80. The lowest BCUT2D eigenvalue weighted by atomic mass is 10.2. The summed E-state index contributed by atoms with van der Waals surface area (Å²) < 4.78 is 30.6. The molecule has 1 atom stereocenters. The number of halogens is 1. The van der Waals surface area contributed by atoms with E-state index in [0.29, 0.717) is 10.9 Å². The molecule has 0 spiro atoms. The van der Waals surface area contributed by atoms with Gasteiger partial charge in [0.15, 0.2) is 5.82 Å². The van der Waals surface area contributed by atoms with Gasteiger partial charge in [0.2, 0.25) is 10.0 Å². The zero-order chi connectivity index (χ0) is 14.8. The fraction of sp³-hybridized carbons (Fsp3) is 0.333. The van der Waals surface area contributed by atoms with Gasteiger partial charge in [0.1, 0.15) is 0 Å². The summed E-state index contributed by atoms with van der Waals surface area (Å²) in [5, 5.41) is 4.40. The smallest absolute Gasteiger partial charge is 0.257 e. The van der Waals surface area contributed by atoms with E-state index in [-0.39, 0.29) is 11.6 Å². The van der Waals surface area contributed by atoms with Gasteiger partial charge in [-0.15, -0.1) is 0 Å². The van der Waals surface area contributed by atoms with Crippen molar-refractivity contribution < 1.29 is 12.9 Å². The molecule has 0 aliphatic carbocycles. The average molecular weight is 316 g/mol. The molecule has 0 unspecified atom stereocenters. The summed E-state index contributed by atoms with van der Waals surface area (Å²) in [5.74, 6) is 0.602. The molecule has 1 N–H and O–H groups in total. The van der Waals surface area contributed by atoms with Crippen LogP contribution in [0.4, 0.5) is 0 Å². The predicted molar refractivity (Wildman–Crippen MR) is 75.8 cm³/mol. The zero-order valence-corrected chi connectivity index (χ0v) is 12.6. The van der Waals surface area contributed by atoms with E-state index in [1.54, 1.807) is 38.1 Å². The second-order valence-electron chi connectivity index (χ2n) is 4.21. The second-order valence-corrected chi connectivity index (χ2v) is 6.69. The van der Waals surface area contributed by atoms with Gasteiger partial charge < -0.3 is 4.52 Å². The molecule has 108 valence electrons. The molecule has 1 aromatic heterocycles. The van der Waals surface area contributed by atoms with Gasteiger partial charge in [0.25, 0.3) is 5.89 Å². The number of benzene rings is 1. The highest BCUT2D eigenvalue weighted by Crippen LogP contribution is 2.21. The molecule has 1 aromatic carbocycles. The average Bonchev–Trinajstić information content (AvgIpc) is 2.89. The summed E-state index contributed by atoms with van der Waals surface area (Å²) in [7, 11) is -3.32. The maximum absolute atomic E-state index is 11.5. The Bertz CT molecular complexity index is 682. The van der Waals surface area contributed by atoms with Gasteiger partial charge in [0, 0.05) is 10.6 Å². The van der Waals surface area contributed by atoms with Crippen LogP contribution >= 0.6 is 11.6 Å². The van der Waals surface area contributed by atoms with Crippen molar-refractivity contribution in [1.29, 1.82) is 0 Å². The van der Waals surface area contributed by atoms with Crippen LogP contribution in [0.25, 0.3) is 11.5 Å². The second kappa shape index (κ2) is 5.90. The molecule has 0 bridgehead atoms. The highest BCUT2D eigenvalue weighted by atomic mass is 35.5. The third-order valence-corrected chi connectivity index (χ3v) is 4.38. The summed E-state index contributed by atoms with van der Waals surface area (Å²) in [6.07, 6.45) is 0. The van der Waals surface area contributed by atoms with Gasteiger partial charge in [0.05, 0.1) is 11.8 Å². The van der Waals surface area contributed by atoms with Crippen molar-refractivity contribution in [3.63, 3.8) is 0 Å². The highest BCUT2D eigenvalue weighted by Gasteiger charge is 2.19.